The molecule has 0 aromatic heterocycles. The lowest BCUT2D eigenvalue weighted by molar-refractivity contribution is 0.414. The fourth-order valence-electron chi connectivity index (χ4n) is 1.25. The van der Waals surface area contributed by atoms with Crippen LogP contribution < -0.4 is 4.74 Å². The van der Waals surface area contributed by atoms with Gasteiger partial charge in [0.15, 0.2) is 0 Å². The molecule has 0 amide bonds. The van der Waals surface area contributed by atoms with Gasteiger partial charge in [0.2, 0.25) is 0 Å². The molecule has 0 aliphatic carbocycles. The lowest BCUT2D eigenvalue weighted by atomic mass is 10.1. The van der Waals surface area contributed by atoms with Crippen LogP contribution in [0.3, 0.4) is 0 Å². The van der Waals surface area contributed by atoms with Crippen LogP contribution in [0.15, 0.2) is 23.3 Å². The number of rotatable bonds is 3. The Morgan fingerprint density at radius 1 is 1.44 bits per heavy atom. The monoisotopic (exact) mass is 215 g/mol. The molecule has 0 radical (unpaired) electrons. The molecule has 82 valence electrons. The number of hydrogen-bond acceptors (Lipinski definition) is 2. The summed E-state index contributed by atoms with van der Waals surface area (Å²) in [5.41, 5.74) is 10.1. The number of aryl methyl sites for hydroxylation is 1. The molecule has 0 fully saturated rings. The Labute approximate surface area is 94.9 Å². The number of nitrogens with zero attached hydrogens (tertiary/aromatic N) is 3. The molecule has 0 aliphatic rings. The van der Waals surface area contributed by atoms with Crippen LogP contribution in [0.5, 0.6) is 5.75 Å². The van der Waals surface area contributed by atoms with Gasteiger partial charge in [-0.1, -0.05) is 17.0 Å². The molecule has 0 bridgehead atoms. The molecule has 0 aliphatic heterocycles. The van der Waals surface area contributed by atoms with E-state index in [0.717, 1.165) is 16.9 Å². The molecule has 0 unspecified atom stereocenters. The molecule has 0 atom stereocenters. The summed E-state index contributed by atoms with van der Waals surface area (Å²) in [6, 6.07) is 5.82. The average Bonchev–Trinajstić information content (AvgIpc) is 2.28. The van der Waals surface area contributed by atoms with Crippen LogP contribution in [-0.2, 0) is 0 Å². The van der Waals surface area contributed by atoms with E-state index in [9.17, 15) is 0 Å². The van der Waals surface area contributed by atoms with Crippen molar-refractivity contribution in [3.63, 3.8) is 0 Å². The fourth-order valence-corrected chi connectivity index (χ4v) is 1.25. The highest BCUT2D eigenvalue weighted by Gasteiger charge is 1.95. The first-order chi connectivity index (χ1) is 7.76. The summed E-state index contributed by atoms with van der Waals surface area (Å²) >= 11 is 0. The van der Waals surface area contributed by atoms with Crippen molar-refractivity contribution in [3.8, 4) is 17.6 Å². The molecule has 0 saturated carbocycles. The van der Waals surface area contributed by atoms with Crippen molar-refractivity contribution >= 4 is 0 Å². The lowest BCUT2D eigenvalue weighted by Crippen LogP contribution is -1.86. The van der Waals surface area contributed by atoms with E-state index in [-0.39, 0.29) is 0 Å². The minimum atomic E-state index is 0.409. The molecular formula is C12H13N3O. The highest BCUT2D eigenvalue weighted by molar-refractivity contribution is 5.42. The molecule has 0 N–H and O–H groups in total. The van der Waals surface area contributed by atoms with E-state index in [4.69, 9.17) is 10.3 Å². The maximum atomic E-state index is 8.08. The first kappa shape index (κ1) is 12.0. The Bertz CT molecular complexity index is 465. The molecule has 0 heterocycles. The first-order valence-corrected chi connectivity index (χ1v) is 4.91. The van der Waals surface area contributed by atoms with Crippen LogP contribution in [0, 0.1) is 18.8 Å². The predicted molar refractivity (Wildman–Crippen MR) is 63.2 cm³/mol. The quantitative estimate of drug-likeness (QED) is 0.251. The topological polar surface area (TPSA) is 58.0 Å². The largest absolute Gasteiger partial charge is 0.497 e. The number of benzene rings is 1. The summed E-state index contributed by atoms with van der Waals surface area (Å²) < 4.78 is 5.15. The molecule has 16 heavy (non-hydrogen) atoms. The van der Waals surface area contributed by atoms with Crippen molar-refractivity contribution in [2.24, 2.45) is 5.11 Å². The zero-order valence-electron chi connectivity index (χ0n) is 9.40. The molecule has 4 nitrogen and oxygen atoms in total. The first-order valence-electron chi connectivity index (χ1n) is 4.91. The molecule has 0 saturated heterocycles. The zero-order valence-corrected chi connectivity index (χ0v) is 9.40. The fraction of sp³-hybridized carbons (Fsp3) is 0.333. The summed E-state index contributed by atoms with van der Waals surface area (Å²) in [4.78, 5) is 2.66. The van der Waals surface area contributed by atoms with Crippen LogP contribution >= 0.6 is 0 Å². The van der Waals surface area contributed by atoms with Crippen LogP contribution in [0.4, 0.5) is 0 Å². The SMILES string of the molecule is COc1cc(C)cc(C#CCCN=[N+]=[N-])c1. The Morgan fingerprint density at radius 2 is 2.25 bits per heavy atom. The molecular weight excluding hydrogens is 202 g/mol. The maximum Gasteiger partial charge on any atom is 0.120 e. The van der Waals surface area contributed by atoms with Gasteiger partial charge in [0.25, 0.3) is 0 Å². The van der Waals surface area contributed by atoms with Gasteiger partial charge in [0, 0.05) is 23.4 Å². The van der Waals surface area contributed by atoms with Gasteiger partial charge in [-0.05, 0) is 36.2 Å². The minimum Gasteiger partial charge on any atom is -0.497 e. The number of azide groups is 1. The molecule has 0 spiro atoms. The standard InChI is InChI=1S/C12H13N3O/c1-10-7-11(9-12(8-10)16-2)5-3-4-6-14-15-13/h7-9H,4,6H2,1-2H3. The Morgan fingerprint density at radius 3 is 2.94 bits per heavy atom. The van der Waals surface area contributed by atoms with Gasteiger partial charge in [-0.3, -0.25) is 0 Å². The van der Waals surface area contributed by atoms with Gasteiger partial charge >= 0.3 is 0 Å². The minimum absolute atomic E-state index is 0.409. The third-order valence-corrected chi connectivity index (χ3v) is 1.92. The maximum absolute atomic E-state index is 8.08. The summed E-state index contributed by atoms with van der Waals surface area (Å²) in [5.74, 6) is 6.76. The van der Waals surface area contributed by atoms with Crippen LogP contribution in [0.1, 0.15) is 17.5 Å². The molecule has 1 rings (SSSR count). The van der Waals surface area contributed by atoms with E-state index in [1.807, 2.05) is 25.1 Å². The predicted octanol–water partition coefficient (Wildman–Crippen LogP) is 3.06. The molecule has 1 aromatic rings. The van der Waals surface area contributed by atoms with E-state index in [0.29, 0.717) is 13.0 Å². The summed E-state index contributed by atoms with van der Waals surface area (Å²) in [5, 5.41) is 3.41. The van der Waals surface area contributed by atoms with Gasteiger partial charge in [0.1, 0.15) is 5.75 Å². The van der Waals surface area contributed by atoms with E-state index in [2.05, 4.69) is 21.9 Å². The average molecular weight is 215 g/mol. The zero-order chi connectivity index (χ0) is 11.8. The molecule has 4 heteroatoms. The number of methoxy groups -OCH3 is 1. The van der Waals surface area contributed by atoms with Crippen molar-refractivity contribution in [1.82, 2.24) is 0 Å². The second-order valence-corrected chi connectivity index (χ2v) is 3.25. The summed E-state index contributed by atoms with van der Waals surface area (Å²) in [6.45, 7) is 2.40. The Hall–Kier alpha value is -2.11. The lowest BCUT2D eigenvalue weighted by Gasteiger charge is -2.01. The molecule has 1 aromatic carbocycles. The van der Waals surface area contributed by atoms with Gasteiger partial charge in [0.05, 0.1) is 7.11 Å². The van der Waals surface area contributed by atoms with Crippen LogP contribution in [0.2, 0.25) is 0 Å². The van der Waals surface area contributed by atoms with Crippen molar-refractivity contribution in [3.05, 3.63) is 39.8 Å². The van der Waals surface area contributed by atoms with E-state index in [1.54, 1.807) is 7.11 Å². The Balaban J connectivity index is 2.72. The summed E-state index contributed by atoms with van der Waals surface area (Å²) in [7, 11) is 1.63. The van der Waals surface area contributed by atoms with Gasteiger partial charge in [-0.15, -0.1) is 0 Å². The number of ether oxygens (including phenoxy) is 1. The van der Waals surface area contributed by atoms with Crippen molar-refractivity contribution in [1.29, 1.82) is 0 Å². The van der Waals surface area contributed by atoms with Crippen LogP contribution in [0.25, 0.3) is 10.4 Å². The van der Waals surface area contributed by atoms with Gasteiger partial charge in [-0.25, -0.2) is 0 Å². The van der Waals surface area contributed by atoms with Crippen LogP contribution in [-0.4, -0.2) is 13.7 Å². The Kier molecular flexibility index (Phi) is 4.78. The van der Waals surface area contributed by atoms with E-state index >= 15 is 0 Å². The smallest absolute Gasteiger partial charge is 0.120 e. The van der Waals surface area contributed by atoms with Crippen molar-refractivity contribution < 1.29 is 4.74 Å². The van der Waals surface area contributed by atoms with E-state index < -0.39 is 0 Å². The highest BCUT2D eigenvalue weighted by Crippen LogP contribution is 2.15. The van der Waals surface area contributed by atoms with E-state index in [1.165, 1.54) is 0 Å². The second-order valence-electron chi connectivity index (χ2n) is 3.25. The highest BCUT2D eigenvalue weighted by atomic mass is 16.5. The third-order valence-electron chi connectivity index (χ3n) is 1.92. The van der Waals surface area contributed by atoms with Gasteiger partial charge in [-0.2, -0.15) is 0 Å². The van der Waals surface area contributed by atoms with Crippen molar-refractivity contribution in [2.45, 2.75) is 13.3 Å². The summed E-state index contributed by atoms with van der Waals surface area (Å²) in [6.07, 6.45) is 0.570. The van der Waals surface area contributed by atoms with Crippen molar-refractivity contribution in [2.75, 3.05) is 13.7 Å². The second kappa shape index (κ2) is 6.39. The third kappa shape index (κ3) is 3.95. The van der Waals surface area contributed by atoms with Gasteiger partial charge < -0.3 is 4.74 Å². The number of hydrogen-bond donors (Lipinski definition) is 0. The normalized spacial score (nSPS) is 8.62.